The van der Waals surface area contributed by atoms with E-state index in [2.05, 4.69) is 22.3 Å². The molecule has 0 aliphatic carbocycles. The molecule has 4 rings (SSSR count). The van der Waals surface area contributed by atoms with Crippen molar-refractivity contribution in [3.05, 3.63) is 64.7 Å². The Morgan fingerprint density at radius 2 is 1.79 bits per heavy atom. The number of likely N-dealkylation sites (tertiary alicyclic amines) is 2. The van der Waals surface area contributed by atoms with Gasteiger partial charge in [0.15, 0.2) is 0 Å². The summed E-state index contributed by atoms with van der Waals surface area (Å²) < 4.78 is 0. The highest BCUT2D eigenvalue weighted by Crippen LogP contribution is 2.32. The Balaban J connectivity index is 1.19. The summed E-state index contributed by atoms with van der Waals surface area (Å²) in [6.07, 6.45) is 1.11. The van der Waals surface area contributed by atoms with Gasteiger partial charge in [-0.25, -0.2) is 0 Å². The molecular formula is C23H28ClN3O. The van der Waals surface area contributed by atoms with Gasteiger partial charge in [0, 0.05) is 49.0 Å². The summed E-state index contributed by atoms with van der Waals surface area (Å²) in [6, 6.07) is 15.8. The number of amides is 1. The monoisotopic (exact) mass is 397 g/mol. The second-order valence-corrected chi connectivity index (χ2v) is 8.51. The lowest BCUT2D eigenvalue weighted by Crippen LogP contribution is -2.33. The molecule has 1 amide bonds. The van der Waals surface area contributed by atoms with Gasteiger partial charge in [-0.2, -0.15) is 0 Å². The lowest BCUT2D eigenvalue weighted by atomic mass is 10.0. The van der Waals surface area contributed by atoms with Crippen LogP contribution >= 0.6 is 11.6 Å². The van der Waals surface area contributed by atoms with Crippen LogP contribution in [0, 0.1) is 18.8 Å². The molecule has 1 N–H and O–H groups in total. The summed E-state index contributed by atoms with van der Waals surface area (Å²) >= 11 is 6.18. The van der Waals surface area contributed by atoms with Gasteiger partial charge in [0.1, 0.15) is 0 Å². The number of nitrogens with one attached hydrogen (secondary N) is 1. The largest absolute Gasteiger partial charge is 0.385 e. The van der Waals surface area contributed by atoms with Crippen molar-refractivity contribution in [2.45, 2.75) is 13.3 Å². The zero-order valence-corrected chi connectivity index (χ0v) is 17.2. The molecule has 5 heteroatoms. The van der Waals surface area contributed by atoms with Crippen LogP contribution in [0.3, 0.4) is 0 Å². The standard InChI is InChI=1S/C23H28ClN3O/c1-17-8-9-21(12-22(17)24)25-10-5-11-26-13-19-15-27(16-20(19)14-26)23(28)18-6-3-2-4-7-18/h2-4,6-9,12,19-20,25H,5,10-11,13-16H2,1H3. The molecule has 2 unspecified atom stereocenters. The molecule has 0 aromatic heterocycles. The predicted molar refractivity (Wildman–Crippen MR) is 115 cm³/mol. The highest BCUT2D eigenvalue weighted by atomic mass is 35.5. The third kappa shape index (κ3) is 4.34. The van der Waals surface area contributed by atoms with Crippen LogP contribution in [0.4, 0.5) is 5.69 Å². The number of rotatable bonds is 6. The summed E-state index contributed by atoms with van der Waals surface area (Å²) in [5, 5.41) is 4.28. The number of fused-ring (bicyclic) bond motifs is 1. The minimum Gasteiger partial charge on any atom is -0.385 e. The highest BCUT2D eigenvalue weighted by Gasteiger charge is 2.41. The lowest BCUT2D eigenvalue weighted by molar-refractivity contribution is 0.0774. The van der Waals surface area contributed by atoms with Crippen LogP contribution in [0.2, 0.25) is 5.02 Å². The Morgan fingerprint density at radius 3 is 2.46 bits per heavy atom. The van der Waals surface area contributed by atoms with Gasteiger partial charge in [-0.15, -0.1) is 0 Å². The van der Waals surface area contributed by atoms with E-state index in [0.717, 1.165) is 67.5 Å². The van der Waals surface area contributed by atoms with Gasteiger partial charge in [0.25, 0.3) is 5.91 Å². The first-order valence-electron chi connectivity index (χ1n) is 10.2. The van der Waals surface area contributed by atoms with E-state index < -0.39 is 0 Å². The summed E-state index contributed by atoms with van der Waals surface area (Å²) in [6.45, 7) is 8.09. The number of hydrogen-bond acceptors (Lipinski definition) is 3. The minimum absolute atomic E-state index is 0.183. The van der Waals surface area contributed by atoms with E-state index in [9.17, 15) is 4.79 Å². The third-order valence-electron chi connectivity index (χ3n) is 6.02. The van der Waals surface area contributed by atoms with Crippen LogP contribution in [-0.2, 0) is 0 Å². The molecule has 0 spiro atoms. The molecule has 2 heterocycles. The number of hydrogen-bond donors (Lipinski definition) is 1. The molecule has 2 aliphatic rings. The average Bonchev–Trinajstić information content (AvgIpc) is 3.27. The predicted octanol–water partition coefficient (Wildman–Crippen LogP) is 4.15. The van der Waals surface area contributed by atoms with Crippen molar-refractivity contribution in [3.8, 4) is 0 Å². The van der Waals surface area contributed by atoms with E-state index in [1.54, 1.807) is 0 Å². The van der Waals surface area contributed by atoms with Crippen LogP contribution in [0.25, 0.3) is 0 Å². The molecule has 2 saturated heterocycles. The van der Waals surface area contributed by atoms with E-state index >= 15 is 0 Å². The summed E-state index contributed by atoms with van der Waals surface area (Å²) in [5.74, 6) is 1.43. The number of carbonyl (C=O) groups is 1. The zero-order valence-electron chi connectivity index (χ0n) is 16.4. The number of carbonyl (C=O) groups excluding carboxylic acids is 1. The maximum Gasteiger partial charge on any atom is 0.253 e. The molecule has 2 fully saturated rings. The van der Waals surface area contributed by atoms with Crippen molar-refractivity contribution in [1.82, 2.24) is 9.80 Å². The van der Waals surface area contributed by atoms with Crippen LogP contribution in [0.5, 0.6) is 0 Å². The first-order chi connectivity index (χ1) is 13.6. The Bertz CT molecular complexity index is 812. The molecule has 2 aromatic rings. The fraction of sp³-hybridized carbons (Fsp3) is 0.435. The third-order valence-corrected chi connectivity index (χ3v) is 6.43. The van der Waals surface area contributed by atoms with Crippen LogP contribution < -0.4 is 5.32 Å². The maximum absolute atomic E-state index is 12.6. The number of aryl methyl sites for hydroxylation is 1. The van der Waals surface area contributed by atoms with Crippen molar-refractivity contribution in [2.24, 2.45) is 11.8 Å². The molecule has 28 heavy (non-hydrogen) atoms. The van der Waals surface area contributed by atoms with E-state index in [4.69, 9.17) is 11.6 Å². The second kappa shape index (κ2) is 8.54. The van der Waals surface area contributed by atoms with Crippen LogP contribution in [-0.4, -0.2) is 55.0 Å². The van der Waals surface area contributed by atoms with E-state index in [0.29, 0.717) is 11.8 Å². The van der Waals surface area contributed by atoms with Gasteiger partial charge in [-0.1, -0.05) is 35.9 Å². The fourth-order valence-electron chi connectivity index (χ4n) is 4.44. The average molecular weight is 398 g/mol. The maximum atomic E-state index is 12.6. The zero-order chi connectivity index (χ0) is 19.5. The SMILES string of the molecule is Cc1ccc(NCCCN2CC3CN(C(=O)c4ccccc4)CC3C2)cc1Cl. The van der Waals surface area contributed by atoms with Crippen molar-refractivity contribution in [3.63, 3.8) is 0 Å². The quantitative estimate of drug-likeness (QED) is 0.743. The molecule has 2 atom stereocenters. The van der Waals surface area contributed by atoms with E-state index in [1.165, 1.54) is 0 Å². The second-order valence-electron chi connectivity index (χ2n) is 8.10. The smallest absolute Gasteiger partial charge is 0.253 e. The first-order valence-corrected chi connectivity index (χ1v) is 10.5. The van der Waals surface area contributed by atoms with Gasteiger partial charge >= 0.3 is 0 Å². The molecule has 148 valence electrons. The number of anilines is 1. The molecule has 2 aromatic carbocycles. The Kier molecular flexibility index (Phi) is 5.88. The van der Waals surface area contributed by atoms with E-state index in [-0.39, 0.29) is 5.91 Å². The normalized spacial score (nSPS) is 21.7. The van der Waals surface area contributed by atoms with Gasteiger partial charge in [-0.3, -0.25) is 4.79 Å². The van der Waals surface area contributed by atoms with Crippen LogP contribution in [0.1, 0.15) is 22.3 Å². The van der Waals surface area contributed by atoms with Gasteiger partial charge in [0.2, 0.25) is 0 Å². The summed E-state index contributed by atoms with van der Waals surface area (Å²) in [4.78, 5) is 17.3. The van der Waals surface area contributed by atoms with Gasteiger partial charge in [0.05, 0.1) is 0 Å². The first kappa shape index (κ1) is 19.3. The summed E-state index contributed by atoms with van der Waals surface area (Å²) in [5.41, 5.74) is 3.00. The number of benzene rings is 2. The fourth-order valence-corrected chi connectivity index (χ4v) is 4.62. The minimum atomic E-state index is 0.183. The van der Waals surface area contributed by atoms with Crippen molar-refractivity contribution in [1.29, 1.82) is 0 Å². The Hall–Kier alpha value is -2.04. The molecule has 0 radical (unpaired) electrons. The van der Waals surface area contributed by atoms with Crippen molar-refractivity contribution in [2.75, 3.05) is 44.6 Å². The highest BCUT2D eigenvalue weighted by molar-refractivity contribution is 6.31. The molecule has 2 aliphatic heterocycles. The Labute approximate surface area is 172 Å². The van der Waals surface area contributed by atoms with Crippen molar-refractivity contribution < 1.29 is 4.79 Å². The molecular weight excluding hydrogens is 370 g/mol. The summed E-state index contributed by atoms with van der Waals surface area (Å²) in [7, 11) is 0. The Morgan fingerprint density at radius 1 is 1.07 bits per heavy atom. The van der Waals surface area contributed by atoms with Gasteiger partial charge in [-0.05, 0) is 61.6 Å². The van der Waals surface area contributed by atoms with Crippen LogP contribution in [0.15, 0.2) is 48.5 Å². The van der Waals surface area contributed by atoms with Gasteiger partial charge < -0.3 is 15.1 Å². The molecule has 4 nitrogen and oxygen atoms in total. The number of halogens is 1. The number of nitrogens with zero attached hydrogens (tertiary/aromatic N) is 2. The molecule has 0 saturated carbocycles. The van der Waals surface area contributed by atoms with E-state index in [1.807, 2.05) is 48.2 Å². The topological polar surface area (TPSA) is 35.6 Å². The molecule has 0 bridgehead atoms. The lowest BCUT2D eigenvalue weighted by Gasteiger charge is -2.22. The van der Waals surface area contributed by atoms with Crippen molar-refractivity contribution >= 4 is 23.2 Å².